The van der Waals surface area contributed by atoms with Gasteiger partial charge in [-0.25, -0.2) is 0 Å². The van der Waals surface area contributed by atoms with Gasteiger partial charge in [0, 0.05) is 32.7 Å². The maximum Gasteiger partial charge on any atom is 0.0991 e. The van der Waals surface area contributed by atoms with Crippen LogP contribution in [0.2, 0.25) is 0 Å². The van der Waals surface area contributed by atoms with Crippen molar-refractivity contribution in [2.45, 2.75) is 19.9 Å². The predicted octanol–water partition coefficient (Wildman–Crippen LogP) is 2.09. The molecule has 3 heteroatoms. The van der Waals surface area contributed by atoms with Crippen LogP contribution in [0.5, 0.6) is 0 Å². The molecule has 1 aromatic rings. The summed E-state index contributed by atoms with van der Waals surface area (Å²) in [4.78, 5) is 5.03. The molecule has 96 valence electrons. The van der Waals surface area contributed by atoms with Gasteiger partial charge in [0.05, 0.1) is 11.6 Å². The molecule has 18 heavy (non-hydrogen) atoms. The number of benzene rings is 1. The lowest BCUT2D eigenvalue weighted by molar-refractivity contribution is 0.127. The molecule has 0 saturated carbocycles. The van der Waals surface area contributed by atoms with Crippen molar-refractivity contribution in [1.29, 1.82) is 5.26 Å². The second-order valence-electron chi connectivity index (χ2n) is 4.93. The van der Waals surface area contributed by atoms with Gasteiger partial charge in [0.2, 0.25) is 0 Å². The molecule has 1 aliphatic heterocycles. The molecular weight excluding hydrogens is 222 g/mol. The fourth-order valence-electron chi connectivity index (χ4n) is 2.43. The Morgan fingerprint density at radius 3 is 2.22 bits per heavy atom. The maximum absolute atomic E-state index is 8.76. The first-order valence-electron chi connectivity index (χ1n) is 6.75. The molecule has 3 nitrogen and oxygen atoms in total. The Morgan fingerprint density at radius 2 is 1.67 bits per heavy atom. The summed E-state index contributed by atoms with van der Waals surface area (Å²) in [5.41, 5.74) is 2.05. The van der Waals surface area contributed by atoms with Crippen LogP contribution >= 0.6 is 0 Å². The van der Waals surface area contributed by atoms with Gasteiger partial charge in [0.1, 0.15) is 0 Å². The summed E-state index contributed by atoms with van der Waals surface area (Å²) in [6.45, 7) is 9.15. The minimum atomic E-state index is 0.742. The molecule has 1 fully saturated rings. The number of hydrogen-bond donors (Lipinski definition) is 0. The lowest BCUT2D eigenvalue weighted by atomic mass is 10.1. The lowest BCUT2D eigenvalue weighted by Crippen LogP contribution is -2.45. The first kappa shape index (κ1) is 13.1. The summed E-state index contributed by atoms with van der Waals surface area (Å²) in [6, 6.07) is 10.1. The van der Waals surface area contributed by atoms with Crippen molar-refractivity contribution in [1.82, 2.24) is 9.80 Å². The highest BCUT2D eigenvalue weighted by Crippen LogP contribution is 2.10. The zero-order valence-electron chi connectivity index (χ0n) is 11.1. The Bertz CT molecular complexity index is 397. The molecule has 1 saturated heterocycles. The standard InChI is InChI=1S/C15H21N3/c1-2-7-17-8-10-18(11-9-17)13-15-5-3-14(12-16)4-6-15/h3-6H,2,7-11,13H2,1H3. The van der Waals surface area contributed by atoms with Crippen LogP contribution in [-0.4, -0.2) is 42.5 Å². The van der Waals surface area contributed by atoms with Crippen LogP contribution in [-0.2, 0) is 6.54 Å². The molecule has 0 aromatic heterocycles. The average Bonchev–Trinajstić information content (AvgIpc) is 2.42. The maximum atomic E-state index is 8.76. The molecule has 0 N–H and O–H groups in total. The lowest BCUT2D eigenvalue weighted by Gasteiger charge is -2.34. The van der Waals surface area contributed by atoms with Crippen LogP contribution in [0, 0.1) is 11.3 Å². The summed E-state index contributed by atoms with van der Waals surface area (Å²) in [7, 11) is 0. The second-order valence-corrected chi connectivity index (χ2v) is 4.93. The van der Waals surface area contributed by atoms with Crippen molar-refractivity contribution in [3.8, 4) is 6.07 Å². The van der Waals surface area contributed by atoms with Gasteiger partial charge in [-0.1, -0.05) is 19.1 Å². The molecule has 1 aliphatic rings. The number of rotatable bonds is 4. The van der Waals surface area contributed by atoms with Crippen molar-refractivity contribution in [3.63, 3.8) is 0 Å². The largest absolute Gasteiger partial charge is 0.301 e. The van der Waals surface area contributed by atoms with Gasteiger partial charge in [0.25, 0.3) is 0 Å². The third-order valence-corrected chi connectivity index (χ3v) is 3.49. The summed E-state index contributed by atoms with van der Waals surface area (Å²) < 4.78 is 0. The Hall–Kier alpha value is -1.37. The highest BCUT2D eigenvalue weighted by molar-refractivity contribution is 5.31. The van der Waals surface area contributed by atoms with E-state index in [1.165, 1.54) is 31.6 Å². The van der Waals surface area contributed by atoms with E-state index in [-0.39, 0.29) is 0 Å². The van der Waals surface area contributed by atoms with Crippen molar-refractivity contribution in [3.05, 3.63) is 35.4 Å². The molecule has 2 rings (SSSR count). The fourth-order valence-corrected chi connectivity index (χ4v) is 2.43. The predicted molar refractivity (Wildman–Crippen MR) is 73.2 cm³/mol. The normalized spacial score (nSPS) is 17.6. The molecule has 1 heterocycles. The van der Waals surface area contributed by atoms with Crippen LogP contribution in [0.25, 0.3) is 0 Å². The summed E-state index contributed by atoms with van der Waals surface area (Å²) in [5.74, 6) is 0. The van der Waals surface area contributed by atoms with Gasteiger partial charge < -0.3 is 4.90 Å². The molecule has 0 amide bonds. The van der Waals surface area contributed by atoms with Crippen LogP contribution in [0.1, 0.15) is 24.5 Å². The first-order chi connectivity index (χ1) is 8.81. The zero-order chi connectivity index (χ0) is 12.8. The molecular formula is C15H21N3. The van der Waals surface area contributed by atoms with Crippen molar-refractivity contribution < 1.29 is 0 Å². The number of nitrogens with zero attached hydrogens (tertiary/aromatic N) is 3. The van der Waals surface area contributed by atoms with E-state index in [2.05, 4.69) is 34.9 Å². The SMILES string of the molecule is CCCN1CCN(Cc2ccc(C#N)cc2)CC1. The second kappa shape index (κ2) is 6.53. The Kier molecular flexibility index (Phi) is 4.74. The van der Waals surface area contributed by atoms with Gasteiger partial charge >= 0.3 is 0 Å². The van der Waals surface area contributed by atoms with Crippen LogP contribution in [0.4, 0.5) is 0 Å². The topological polar surface area (TPSA) is 30.3 Å². The van der Waals surface area contributed by atoms with E-state index >= 15 is 0 Å². The van der Waals surface area contributed by atoms with Crippen molar-refractivity contribution in [2.24, 2.45) is 0 Å². The Balaban J connectivity index is 1.82. The molecule has 0 bridgehead atoms. The van der Waals surface area contributed by atoms with E-state index in [1.807, 2.05) is 12.1 Å². The minimum Gasteiger partial charge on any atom is -0.301 e. The van der Waals surface area contributed by atoms with E-state index in [0.29, 0.717) is 0 Å². The number of nitriles is 1. The van der Waals surface area contributed by atoms with E-state index in [0.717, 1.165) is 25.2 Å². The Labute approximate surface area is 110 Å². The highest BCUT2D eigenvalue weighted by atomic mass is 15.3. The van der Waals surface area contributed by atoms with Crippen LogP contribution in [0.3, 0.4) is 0 Å². The van der Waals surface area contributed by atoms with E-state index in [9.17, 15) is 0 Å². The summed E-state index contributed by atoms with van der Waals surface area (Å²) in [5, 5.41) is 8.76. The van der Waals surface area contributed by atoms with Crippen LogP contribution < -0.4 is 0 Å². The minimum absolute atomic E-state index is 0.742. The monoisotopic (exact) mass is 243 g/mol. The Morgan fingerprint density at radius 1 is 1.06 bits per heavy atom. The third kappa shape index (κ3) is 3.56. The van der Waals surface area contributed by atoms with Gasteiger partial charge in [0.15, 0.2) is 0 Å². The number of hydrogen-bond acceptors (Lipinski definition) is 3. The van der Waals surface area contributed by atoms with Crippen molar-refractivity contribution >= 4 is 0 Å². The zero-order valence-corrected chi connectivity index (χ0v) is 11.1. The molecule has 0 radical (unpaired) electrons. The highest BCUT2D eigenvalue weighted by Gasteiger charge is 2.15. The molecule has 0 atom stereocenters. The summed E-state index contributed by atoms with van der Waals surface area (Å²) in [6.07, 6.45) is 1.25. The van der Waals surface area contributed by atoms with E-state index in [4.69, 9.17) is 5.26 Å². The average molecular weight is 243 g/mol. The van der Waals surface area contributed by atoms with E-state index in [1.54, 1.807) is 0 Å². The van der Waals surface area contributed by atoms with Gasteiger partial charge in [-0.3, -0.25) is 4.90 Å². The van der Waals surface area contributed by atoms with Gasteiger partial charge in [-0.05, 0) is 30.7 Å². The quantitative estimate of drug-likeness (QED) is 0.811. The van der Waals surface area contributed by atoms with Gasteiger partial charge in [-0.2, -0.15) is 5.26 Å². The number of piperazine rings is 1. The molecule has 0 unspecified atom stereocenters. The first-order valence-corrected chi connectivity index (χ1v) is 6.75. The molecule has 0 aliphatic carbocycles. The fraction of sp³-hybridized carbons (Fsp3) is 0.533. The third-order valence-electron chi connectivity index (χ3n) is 3.49. The smallest absolute Gasteiger partial charge is 0.0991 e. The molecule has 1 aromatic carbocycles. The van der Waals surface area contributed by atoms with Gasteiger partial charge in [-0.15, -0.1) is 0 Å². The summed E-state index contributed by atoms with van der Waals surface area (Å²) >= 11 is 0. The van der Waals surface area contributed by atoms with E-state index < -0.39 is 0 Å². The molecule has 0 spiro atoms. The van der Waals surface area contributed by atoms with Crippen molar-refractivity contribution in [2.75, 3.05) is 32.7 Å². The van der Waals surface area contributed by atoms with Crippen LogP contribution in [0.15, 0.2) is 24.3 Å².